The SMILES string of the molecule is COC(=O)CCCCCCC1C(=O)CC2C(C=CCCCc3ccccc3)C12. The highest BCUT2D eigenvalue weighted by Gasteiger charge is 2.59. The molecule has 4 unspecified atom stereocenters. The zero-order valence-electron chi connectivity index (χ0n) is 17.1. The van der Waals surface area contributed by atoms with E-state index in [0.717, 1.165) is 51.4 Å². The number of aryl methyl sites for hydroxylation is 1. The molecule has 2 saturated carbocycles. The van der Waals surface area contributed by atoms with Gasteiger partial charge in [-0.3, -0.25) is 9.59 Å². The number of methoxy groups -OCH3 is 1. The van der Waals surface area contributed by atoms with Gasteiger partial charge in [0, 0.05) is 18.8 Å². The van der Waals surface area contributed by atoms with Crippen molar-refractivity contribution in [3.63, 3.8) is 0 Å². The van der Waals surface area contributed by atoms with Gasteiger partial charge in [-0.1, -0.05) is 61.7 Å². The Kier molecular flexibility index (Phi) is 7.88. The summed E-state index contributed by atoms with van der Waals surface area (Å²) in [6.45, 7) is 0. The van der Waals surface area contributed by atoms with Gasteiger partial charge in [0.2, 0.25) is 0 Å². The monoisotopic (exact) mass is 382 g/mol. The molecule has 3 heteroatoms. The van der Waals surface area contributed by atoms with Crippen molar-refractivity contribution in [3.8, 4) is 0 Å². The quantitative estimate of drug-likeness (QED) is 0.271. The number of ketones is 1. The zero-order valence-corrected chi connectivity index (χ0v) is 17.1. The third kappa shape index (κ3) is 5.80. The summed E-state index contributed by atoms with van der Waals surface area (Å²) in [7, 11) is 1.44. The summed E-state index contributed by atoms with van der Waals surface area (Å²) in [6, 6.07) is 10.7. The van der Waals surface area contributed by atoms with Gasteiger partial charge in [0.25, 0.3) is 0 Å². The van der Waals surface area contributed by atoms with E-state index < -0.39 is 0 Å². The fraction of sp³-hybridized carbons (Fsp3) is 0.600. The zero-order chi connectivity index (χ0) is 19.8. The molecule has 0 heterocycles. The standard InChI is InChI=1S/C25H34O3/c1-28-24(27)17-11-3-2-9-16-21-23(26)18-22-20(25(21)22)15-10-5-8-14-19-12-6-4-7-13-19/h4,6-7,10,12-13,15,20-22,25H,2-3,5,8-9,11,14,16-18H2,1H3. The summed E-state index contributed by atoms with van der Waals surface area (Å²) < 4.78 is 4.66. The molecule has 152 valence electrons. The summed E-state index contributed by atoms with van der Waals surface area (Å²) in [5.74, 6) is 2.57. The van der Waals surface area contributed by atoms with Crippen molar-refractivity contribution in [1.29, 1.82) is 0 Å². The number of ether oxygens (including phenoxy) is 1. The topological polar surface area (TPSA) is 43.4 Å². The normalized spacial score (nSPS) is 25.8. The molecule has 1 aromatic carbocycles. The van der Waals surface area contributed by atoms with Gasteiger partial charge in [-0.2, -0.15) is 0 Å². The lowest BCUT2D eigenvalue weighted by Gasteiger charge is -2.12. The lowest BCUT2D eigenvalue weighted by Crippen LogP contribution is -2.13. The van der Waals surface area contributed by atoms with Crippen LogP contribution in [0, 0.1) is 23.7 Å². The minimum Gasteiger partial charge on any atom is -0.469 e. The number of hydrogen-bond acceptors (Lipinski definition) is 3. The van der Waals surface area contributed by atoms with Crippen molar-refractivity contribution in [2.45, 2.75) is 64.2 Å². The first kappa shape index (κ1) is 20.8. The fourth-order valence-electron chi connectivity index (χ4n) is 4.90. The van der Waals surface area contributed by atoms with Crippen LogP contribution >= 0.6 is 0 Å². The van der Waals surface area contributed by atoms with Crippen LogP contribution in [-0.4, -0.2) is 18.9 Å². The van der Waals surface area contributed by atoms with E-state index in [1.54, 1.807) is 0 Å². The molecule has 0 bridgehead atoms. The molecule has 0 N–H and O–H groups in total. The summed E-state index contributed by atoms with van der Waals surface area (Å²) in [5, 5.41) is 0. The molecule has 2 fully saturated rings. The highest BCUT2D eigenvalue weighted by molar-refractivity contribution is 5.85. The largest absolute Gasteiger partial charge is 0.469 e. The molecule has 3 nitrogen and oxygen atoms in total. The summed E-state index contributed by atoms with van der Waals surface area (Å²) in [5.41, 5.74) is 1.41. The molecule has 0 amide bonds. The van der Waals surface area contributed by atoms with E-state index in [4.69, 9.17) is 0 Å². The lowest BCUT2D eigenvalue weighted by atomic mass is 9.92. The number of benzene rings is 1. The maximum atomic E-state index is 12.3. The van der Waals surface area contributed by atoms with Crippen molar-refractivity contribution in [1.82, 2.24) is 0 Å². The number of fused-ring (bicyclic) bond motifs is 1. The molecule has 0 aliphatic heterocycles. The number of hydrogen-bond donors (Lipinski definition) is 0. The Morgan fingerprint density at radius 3 is 2.68 bits per heavy atom. The van der Waals surface area contributed by atoms with E-state index in [1.165, 1.54) is 19.1 Å². The molecule has 2 aliphatic rings. The first-order valence-electron chi connectivity index (χ1n) is 11.0. The molecular weight excluding hydrogens is 348 g/mol. The number of Topliss-reactive ketones (excluding diaryl/α,β-unsaturated/α-hetero) is 1. The second-order valence-corrected chi connectivity index (χ2v) is 8.43. The third-order valence-electron chi connectivity index (χ3n) is 6.52. The van der Waals surface area contributed by atoms with Crippen molar-refractivity contribution < 1.29 is 14.3 Å². The van der Waals surface area contributed by atoms with Crippen LogP contribution in [0.5, 0.6) is 0 Å². The average Bonchev–Trinajstić information content (AvgIpc) is 3.27. The van der Waals surface area contributed by atoms with Crippen LogP contribution in [-0.2, 0) is 20.7 Å². The molecule has 2 aliphatic carbocycles. The van der Waals surface area contributed by atoms with Crippen molar-refractivity contribution in [3.05, 3.63) is 48.0 Å². The predicted molar refractivity (Wildman–Crippen MR) is 112 cm³/mol. The Balaban J connectivity index is 1.29. The van der Waals surface area contributed by atoms with Gasteiger partial charge < -0.3 is 4.74 Å². The molecule has 3 rings (SSSR count). The van der Waals surface area contributed by atoms with E-state index in [1.807, 2.05) is 0 Å². The number of allylic oxidation sites excluding steroid dienone is 2. The first-order chi connectivity index (χ1) is 13.7. The van der Waals surface area contributed by atoms with E-state index in [-0.39, 0.29) is 5.97 Å². The molecule has 4 atom stereocenters. The first-order valence-corrected chi connectivity index (χ1v) is 11.0. The molecule has 0 spiro atoms. The number of esters is 1. The Morgan fingerprint density at radius 1 is 1.11 bits per heavy atom. The Morgan fingerprint density at radius 2 is 1.89 bits per heavy atom. The Bertz CT molecular complexity index is 664. The van der Waals surface area contributed by atoms with Crippen LogP contribution in [0.15, 0.2) is 42.5 Å². The van der Waals surface area contributed by atoms with E-state index >= 15 is 0 Å². The van der Waals surface area contributed by atoms with Gasteiger partial charge in [0.15, 0.2) is 0 Å². The third-order valence-corrected chi connectivity index (χ3v) is 6.52. The molecule has 0 saturated heterocycles. The molecule has 0 radical (unpaired) electrons. The maximum Gasteiger partial charge on any atom is 0.305 e. The second-order valence-electron chi connectivity index (χ2n) is 8.43. The van der Waals surface area contributed by atoms with Crippen LogP contribution in [0.1, 0.15) is 63.4 Å². The van der Waals surface area contributed by atoms with Gasteiger partial charge in [0.05, 0.1) is 7.11 Å². The molecule has 0 aromatic heterocycles. The van der Waals surface area contributed by atoms with E-state index in [2.05, 4.69) is 47.2 Å². The van der Waals surface area contributed by atoms with Crippen LogP contribution in [0.25, 0.3) is 0 Å². The highest BCUT2D eigenvalue weighted by atomic mass is 16.5. The van der Waals surface area contributed by atoms with Crippen molar-refractivity contribution >= 4 is 11.8 Å². The van der Waals surface area contributed by atoms with E-state index in [9.17, 15) is 9.59 Å². The van der Waals surface area contributed by atoms with Crippen LogP contribution < -0.4 is 0 Å². The number of unbranched alkanes of at least 4 members (excludes halogenated alkanes) is 4. The lowest BCUT2D eigenvalue weighted by molar-refractivity contribution is -0.140. The van der Waals surface area contributed by atoms with Gasteiger partial charge in [-0.25, -0.2) is 0 Å². The minimum atomic E-state index is -0.120. The van der Waals surface area contributed by atoms with Gasteiger partial charge in [0.1, 0.15) is 5.78 Å². The number of carbonyl (C=O) groups excluding carboxylic acids is 2. The maximum absolute atomic E-state index is 12.3. The van der Waals surface area contributed by atoms with Crippen molar-refractivity contribution in [2.24, 2.45) is 23.7 Å². The Labute approximate surface area is 169 Å². The van der Waals surface area contributed by atoms with Crippen LogP contribution in [0.3, 0.4) is 0 Å². The van der Waals surface area contributed by atoms with Gasteiger partial charge in [-0.15, -0.1) is 0 Å². The van der Waals surface area contributed by atoms with Gasteiger partial charge >= 0.3 is 5.97 Å². The smallest absolute Gasteiger partial charge is 0.305 e. The predicted octanol–water partition coefficient (Wildman–Crippen LogP) is 5.53. The number of rotatable bonds is 12. The molecular formula is C25H34O3. The highest BCUT2D eigenvalue weighted by Crippen LogP contribution is 2.60. The number of carbonyl (C=O) groups is 2. The molecule has 1 aromatic rings. The summed E-state index contributed by atoms with van der Waals surface area (Å²) in [6.07, 6.45) is 14.7. The molecule has 28 heavy (non-hydrogen) atoms. The van der Waals surface area contributed by atoms with Crippen molar-refractivity contribution in [2.75, 3.05) is 7.11 Å². The average molecular weight is 383 g/mol. The summed E-state index contributed by atoms with van der Waals surface area (Å²) >= 11 is 0. The van der Waals surface area contributed by atoms with Gasteiger partial charge in [-0.05, 0) is 55.4 Å². The van der Waals surface area contributed by atoms with Crippen LogP contribution in [0.2, 0.25) is 0 Å². The Hall–Kier alpha value is -1.90. The fourth-order valence-corrected chi connectivity index (χ4v) is 4.90. The summed E-state index contributed by atoms with van der Waals surface area (Å²) in [4.78, 5) is 23.4. The second kappa shape index (κ2) is 10.6. The van der Waals surface area contributed by atoms with Crippen LogP contribution in [0.4, 0.5) is 0 Å². The van der Waals surface area contributed by atoms with E-state index in [0.29, 0.717) is 35.9 Å². The minimum absolute atomic E-state index is 0.120.